The van der Waals surface area contributed by atoms with Gasteiger partial charge in [0.2, 0.25) is 0 Å². The van der Waals surface area contributed by atoms with Crippen LogP contribution in [0.4, 0.5) is 5.82 Å². The first-order chi connectivity index (χ1) is 19.6. The zero-order valence-electron chi connectivity index (χ0n) is 26.1. The second-order valence-corrected chi connectivity index (χ2v) is 20.6. The molecule has 0 bridgehead atoms. The molecule has 0 saturated carbocycles. The molecule has 2 heterocycles. The van der Waals surface area contributed by atoms with Crippen LogP contribution in [-0.2, 0) is 20.4 Å². The van der Waals surface area contributed by atoms with Gasteiger partial charge in [-0.05, 0) is 19.1 Å². The monoisotopic (exact) mass is 629 g/mol. The molecule has 12 heteroatoms. The molecule has 0 aliphatic carbocycles. The molecule has 0 aliphatic heterocycles. The van der Waals surface area contributed by atoms with E-state index in [0.29, 0.717) is 29.3 Å². The van der Waals surface area contributed by atoms with Crippen LogP contribution in [0.1, 0.15) is 90.9 Å². The summed E-state index contributed by atoms with van der Waals surface area (Å²) in [5.41, 5.74) is 6.95. The summed E-state index contributed by atoms with van der Waals surface area (Å²) < 4.78 is 25.0. The Balaban J connectivity index is 1.37. The minimum absolute atomic E-state index is 0.247. The summed E-state index contributed by atoms with van der Waals surface area (Å²) in [5.74, 6) is 2.09. The summed E-state index contributed by atoms with van der Waals surface area (Å²) in [5, 5.41) is 0. The number of nitrogens with two attached hydrogens (primary N) is 1. The van der Waals surface area contributed by atoms with Crippen LogP contribution in [-0.4, -0.2) is 63.1 Å². The lowest BCUT2D eigenvalue weighted by molar-refractivity contribution is 0.0724. The van der Waals surface area contributed by atoms with Crippen LogP contribution in [0.15, 0.2) is 12.7 Å². The van der Waals surface area contributed by atoms with Gasteiger partial charge >= 0.3 is 7.60 Å². The van der Waals surface area contributed by atoms with E-state index in [4.69, 9.17) is 15.0 Å². The summed E-state index contributed by atoms with van der Waals surface area (Å²) in [7, 11) is -4.65. The minimum Gasteiger partial charge on any atom is -0.382 e. The van der Waals surface area contributed by atoms with Crippen LogP contribution in [0.5, 0.6) is 0 Å². The highest BCUT2D eigenvalue weighted by atomic mass is 32.2. The maximum atomic E-state index is 12.3. The van der Waals surface area contributed by atoms with E-state index in [1.165, 1.54) is 95.5 Å². The van der Waals surface area contributed by atoms with Crippen molar-refractivity contribution in [3.05, 3.63) is 12.7 Å². The van der Waals surface area contributed by atoms with Gasteiger partial charge in [0.1, 0.15) is 18.2 Å². The van der Waals surface area contributed by atoms with E-state index >= 15 is 0 Å². The van der Waals surface area contributed by atoms with E-state index in [2.05, 4.69) is 35.0 Å². The smallest absolute Gasteiger partial charge is 0.353 e. The van der Waals surface area contributed by atoms with Gasteiger partial charge in [-0.1, -0.05) is 103 Å². The number of anilines is 1. The van der Waals surface area contributed by atoms with Crippen molar-refractivity contribution in [1.29, 1.82) is 0 Å². The maximum absolute atomic E-state index is 12.3. The van der Waals surface area contributed by atoms with Crippen molar-refractivity contribution in [1.82, 2.24) is 19.5 Å². The number of hydrogen-bond donors (Lipinski definition) is 2. The number of nitrogens with zero attached hydrogens (tertiary/aromatic N) is 4. The summed E-state index contributed by atoms with van der Waals surface area (Å²) in [4.78, 5) is 22.5. The van der Waals surface area contributed by atoms with E-state index in [-0.39, 0.29) is 19.1 Å². The largest absolute Gasteiger partial charge is 0.382 e. The SMILES string of the molecule is CC[Si](C)(C)CCCCCCCCCCCCCCSCCOP(=O)(O)CO[C@H](C)Cn1cnc2c(N)ncnc21. The molecule has 2 atom stereocenters. The molecule has 41 heavy (non-hydrogen) atoms. The molecule has 0 spiro atoms. The highest BCUT2D eigenvalue weighted by Gasteiger charge is 2.22. The third-order valence-corrected chi connectivity index (χ3v) is 13.5. The average molecular weight is 630 g/mol. The van der Waals surface area contributed by atoms with Crippen molar-refractivity contribution in [2.45, 2.75) is 129 Å². The fourth-order valence-corrected chi connectivity index (χ4v) is 8.11. The van der Waals surface area contributed by atoms with Crippen molar-refractivity contribution in [2.24, 2.45) is 0 Å². The van der Waals surface area contributed by atoms with Gasteiger partial charge in [0, 0.05) is 13.8 Å². The quantitative estimate of drug-likeness (QED) is 0.0636. The normalized spacial score (nSPS) is 14.5. The Morgan fingerprint density at radius 2 is 1.59 bits per heavy atom. The molecular weight excluding hydrogens is 573 g/mol. The van der Waals surface area contributed by atoms with Gasteiger partial charge in [-0.2, -0.15) is 11.8 Å². The number of fused-ring (bicyclic) bond motifs is 1. The van der Waals surface area contributed by atoms with Gasteiger partial charge < -0.3 is 24.5 Å². The number of imidazole rings is 1. The number of thioether (sulfide) groups is 1. The Kier molecular flexibility index (Phi) is 17.7. The van der Waals surface area contributed by atoms with E-state index < -0.39 is 15.7 Å². The lowest BCUT2D eigenvalue weighted by Crippen LogP contribution is -2.22. The Morgan fingerprint density at radius 1 is 0.976 bits per heavy atom. The molecule has 236 valence electrons. The first kappa shape index (κ1) is 36.2. The molecule has 2 aromatic rings. The zero-order chi connectivity index (χ0) is 30.0. The van der Waals surface area contributed by atoms with Gasteiger partial charge in [-0.25, -0.2) is 15.0 Å². The van der Waals surface area contributed by atoms with Gasteiger partial charge in [0.25, 0.3) is 0 Å². The van der Waals surface area contributed by atoms with Crippen molar-refractivity contribution in [3.63, 3.8) is 0 Å². The van der Waals surface area contributed by atoms with Crippen LogP contribution < -0.4 is 5.73 Å². The summed E-state index contributed by atoms with van der Waals surface area (Å²) in [6.07, 6.45) is 18.7. The zero-order valence-corrected chi connectivity index (χ0v) is 28.8. The molecule has 1 unspecified atom stereocenters. The highest BCUT2D eigenvalue weighted by Crippen LogP contribution is 2.42. The fraction of sp³-hybridized carbons (Fsp3) is 0.828. The Labute approximate surface area is 253 Å². The Bertz CT molecular complexity index is 1030. The van der Waals surface area contributed by atoms with E-state index in [1.54, 1.807) is 22.7 Å². The maximum Gasteiger partial charge on any atom is 0.353 e. The molecule has 0 radical (unpaired) electrons. The summed E-state index contributed by atoms with van der Waals surface area (Å²) in [6, 6.07) is 2.94. The number of aromatic nitrogens is 4. The Hall–Kier alpha value is -0.973. The molecule has 0 fully saturated rings. The van der Waals surface area contributed by atoms with Crippen LogP contribution in [0.25, 0.3) is 11.2 Å². The third kappa shape index (κ3) is 15.9. The van der Waals surface area contributed by atoms with Crippen LogP contribution >= 0.6 is 19.4 Å². The molecular formula is C29H56N5O4PSSi. The van der Waals surface area contributed by atoms with Crippen molar-refractivity contribution in [2.75, 3.05) is 30.2 Å². The van der Waals surface area contributed by atoms with Crippen LogP contribution in [0.2, 0.25) is 25.2 Å². The van der Waals surface area contributed by atoms with E-state index in [1.807, 2.05) is 6.92 Å². The summed E-state index contributed by atoms with van der Waals surface area (Å²) >= 11 is 1.78. The lowest BCUT2D eigenvalue weighted by Gasteiger charge is -2.19. The molecule has 2 aromatic heterocycles. The third-order valence-electron chi connectivity index (χ3n) is 7.78. The van der Waals surface area contributed by atoms with Crippen molar-refractivity contribution < 1.29 is 18.7 Å². The fourth-order valence-electron chi connectivity index (χ4n) is 4.71. The van der Waals surface area contributed by atoms with E-state index in [0.717, 1.165) is 5.75 Å². The van der Waals surface area contributed by atoms with E-state index in [9.17, 15) is 9.46 Å². The van der Waals surface area contributed by atoms with Gasteiger partial charge in [0.15, 0.2) is 11.5 Å². The van der Waals surface area contributed by atoms with Gasteiger partial charge in [-0.15, -0.1) is 0 Å². The topological polar surface area (TPSA) is 125 Å². The predicted molar refractivity (Wildman–Crippen MR) is 176 cm³/mol. The van der Waals surface area contributed by atoms with Crippen molar-refractivity contribution in [3.8, 4) is 0 Å². The molecule has 0 amide bonds. The number of unbranched alkanes of at least 4 members (excludes halogenated alkanes) is 11. The highest BCUT2D eigenvalue weighted by molar-refractivity contribution is 7.99. The molecule has 2 rings (SSSR count). The average Bonchev–Trinajstić information content (AvgIpc) is 3.35. The molecule has 3 N–H and O–H groups in total. The number of rotatable bonds is 25. The number of nitrogen functional groups attached to an aromatic ring is 1. The van der Waals surface area contributed by atoms with Gasteiger partial charge in [0.05, 0.1) is 25.6 Å². The molecule has 9 nitrogen and oxygen atoms in total. The second-order valence-electron chi connectivity index (χ2n) is 12.0. The number of hydrogen-bond acceptors (Lipinski definition) is 8. The predicted octanol–water partition coefficient (Wildman–Crippen LogP) is 8.12. The Morgan fingerprint density at radius 3 is 2.22 bits per heavy atom. The first-order valence-electron chi connectivity index (χ1n) is 15.7. The first-order valence-corrected chi connectivity index (χ1v) is 22.0. The standard InChI is InChI=1S/C29H56N5O4PSSi/c1-5-41(3,4)21-17-15-13-11-9-7-6-8-10-12-14-16-19-40-20-18-38-39(35,36)25-37-26(2)22-34-24-33-27-28(30)31-23-32-29(27)34/h23-24,26H,5-22,25H2,1-4H3,(H,35,36)(H2,30,31,32)/t26-/m1/s1. The molecule has 0 aliphatic rings. The summed E-state index contributed by atoms with van der Waals surface area (Å²) in [6.45, 7) is 9.91. The number of ether oxygens (including phenoxy) is 1. The van der Waals surface area contributed by atoms with Crippen LogP contribution in [0, 0.1) is 0 Å². The van der Waals surface area contributed by atoms with Crippen LogP contribution in [0.3, 0.4) is 0 Å². The molecule has 0 aromatic carbocycles. The van der Waals surface area contributed by atoms with Gasteiger partial charge in [-0.3, -0.25) is 4.57 Å². The van der Waals surface area contributed by atoms with Crippen molar-refractivity contribution >= 4 is 44.4 Å². The minimum atomic E-state index is -3.79. The lowest BCUT2D eigenvalue weighted by atomic mass is 10.1. The molecule has 0 saturated heterocycles. The second kappa shape index (κ2) is 20.1.